The molecular weight excluding hydrogens is 322 g/mol. The fourth-order valence-corrected chi connectivity index (χ4v) is 15.2. The van der Waals surface area contributed by atoms with Gasteiger partial charge in [-0.1, -0.05) is 0 Å². The van der Waals surface area contributed by atoms with Crippen molar-refractivity contribution >= 4 is 30.8 Å². The zero-order valence-electron chi connectivity index (χ0n) is 11.6. The van der Waals surface area contributed by atoms with Crippen LogP contribution in [0.2, 0.25) is 13.3 Å². The number of rotatable bonds is 10. The molecule has 0 saturated heterocycles. The van der Waals surface area contributed by atoms with Gasteiger partial charge in [-0.2, -0.15) is 0 Å². The number of hydrogen-bond acceptors (Lipinski definition) is 0. The fraction of sp³-hybridized carbons (Fsp3) is 0.857. The van der Waals surface area contributed by atoms with Gasteiger partial charge in [0.1, 0.15) is 0 Å². The SMILES string of the molecule is C=[CH][Sn]([CH2]CCC)([CH2]CCC)[CH2]CCC.Cl. The zero-order chi connectivity index (χ0) is 11.6. The second-order valence-electron chi connectivity index (χ2n) is 4.88. The van der Waals surface area contributed by atoms with E-state index in [4.69, 9.17) is 0 Å². The zero-order valence-corrected chi connectivity index (χ0v) is 15.2. The van der Waals surface area contributed by atoms with E-state index in [-0.39, 0.29) is 12.4 Å². The van der Waals surface area contributed by atoms with Gasteiger partial charge in [-0.3, -0.25) is 0 Å². The van der Waals surface area contributed by atoms with Crippen LogP contribution in [0.4, 0.5) is 0 Å². The van der Waals surface area contributed by atoms with Crippen molar-refractivity contribution in [1.29, 1.82) is 0 Å². The van der Waals surface area contributed by atoms with Crippen LogP contribution in [-0.4, -0.2) is 18.4 Å². The molecule has 16 heavy (non-hydrogen) atoms. The van der Waals surface area contributed by atoms with Crippen LogP contribution in [-0.2, 0) is 0 Å². The molecule has 0 atom stereocenters. The minimum absolute atomic E-state index is 0. The van der Waals surface area contributed by atoms with Crippen molar-refractivity contribution in [2.45, 2.75) is 72.6 Å². The van der Waals surface area contributed by atoms with Crippen LogP contribution in [0, 0.1) is 0 Å². The Bertz CT molecular complexity index is 135. The van der Waals surface area contributed by atoms with Crippen LogP contribution >= 0.6 is 12.4 Å². The molecule has 0 aromatic carbocycles. The third kappa shape index (κ3) is 8.00. The van der Waals surface area contributed by atoms with Gasteiger partial charge in [0.2, 0.25) is 0 Å². The summed E-state index contributed by atoms with van der Waals surface area (Å²) in [4.78, 5) is 0. The Balaban J connectivity index is 0. The molecule has 0 aromatic rings. The Morgan fingerprint density at radius 3 is 1.31 bits per heavy atom. The third-order valence-electron chi connectivity index (χ3n) is 3.52. The van der Waals surface area contributed by atoms with Gasteiger partial charge < -0.3 is 0 Å². The van der Waals surface area contributed by atoms with E-state index >= 15 is 0 Å². The van der Waals surface area contributed by atoms with Crippen LogP contribution in [0.1, 0.15) is 59.3 Å². The molecule has 0 aliphatic heterocycles. The molecule has 0 saturated carbocycles. The summed E-state index contributed by atoms with van der Waals surface area (Å²) in [7, 11) is 0. The molecule has 0 amide bonds. The van der Waals surface area contributed by atoms with Crippen LogP contribution in [0.3, 0.4) is 0 Å². The Morgan fingerprint density at radius 1 is 0.812 bits per heavy atom. The van der Waals surface area contributed by atoms with Crippen molar-refractivity contribution in [2.24, 2.45) is 0 Å². The molecule has 0 N–H and O–H groups in total. The summed E-state index contributed by atoms with van der Waals surface area (Å²) in [6.07, 6.45) is 8.46. The summed E-state index contributed by atoms with van der Waals surface area (Å²) in [5.74, 6) is 0. The van der Waals surface area contributed by atoms with Crippen molar-refractivity contribution in [3.05, 3.63) is 10.7 Å². The Labute approximate surface area is 114 Å². The van der Waals surface area contributed by atoms with E-state index in [1.807, 2.05) is 0 Å². The van der Waals surface area contributed by atoms with Gasteiger partial charge in [-0.25, -0.2) is 0 Å². The van der Waals surface area contributed by atoms with Gasteiger partial charge >= 0.3 is 102 Å². The molecule has 0 rings (SSSR count). The van der Waals surface area contributed by atoms with Crippen molar-refractivity contribution in [3.8, 4) is 0 Å². The van der Waals surface area contributed by atoms with E-state index < -0.39 is 18.4 Å². The summed E-state index contributed by atoms with van der Waals surface area (Å²) in [6, 6.07) is 0. The molecule has 0 aromatic heterocycles. The summed E-state index contributed by atoms with van der Waals surface area (Å²) in [5.41, 5.74) is 0. The minimum Gasteiger partial charge on any atom is -0.147 e. The van der Waals surface area contributed by atoms with Crippen molar-refractivity contribution in [2.75, 3.05) is 0 Å². The largest absolute Gasteiger partial charge is 0.147 e. The minimum atomic E-state index is -1.85. The molecule has 0 aliphatic carbocycles. The molecule has 0 nitrogen and oxygen atoms in total. The van der Waals surface area contributed by atoms with E-state index in [0.717, 1.165) is 0 Å². The molecule has 0 aliphatic rings. The summed E-state index contributed by atoms with van der Waals surface area (Å²) < 4.78 is 7.16. The normalized spacial score (nSPS) is 10.9. The quantitative estimate of drug-likeness (QED) is 0.424. The number of unbranched alkanes of at least 4 members (excludes halogenated alkanes) is 3. The molecular formula is C14H31ClSn. The van der Waals surface area contributed by atoms with Crippen LogP contribution in [0.15, 0.2) is 10.7 Å². The first kappa shape index (κ1) is 19.2. The van der Waals surface area contributed by atoms with Crippen molar-refractivity contribution in [3.63, 3.8) is 0 Å². The van der Waals surface area contributed by atoms with E-state index in [2.05, 4.69) is 31.4 Å². The third-order valence-corrected chi connectivity index (χ3v) is 17.5. The number of halogens is 1. The summed E-state index contributed by atoms with van der Waals surface area (Å²) >= 11 is -1.85. The van der Waals surface area contributed by atoms with Gasteiger partial charge in [0.15, 0.2) is 0 Å². The second kappa shape index (κ2) is 12.3. The van der Waals surface area contributed by atoms with E-state index in [0.29, 0.717) is 0 Å². The fourth-order valence-electron chi connectivity index (χ4n) is 2.27. The first-order valence-electron chi connectivity index (χ1n) is 6.88. The first-order valence-corrected chi connectivity index (χ1v) is 14.6. The molecule has 0 radical (unpaired) electrons. The van der Waals surface area contributed by atoms with Gasteiger partial charge in [0, 0.05) is 0 Å². The Morgan fingerprint density at radius 2 is 1.12 bits per heavy atom. The first-order chi connectivity index (χ1) is 7.24. The topological polar surface area (TPSA) is 0 Å². The molecule has 0 bridgehead atoms. The number of hydrogen-bond donors (Lipinski definition) is 0. The average Bonchev–Trinajstić information content (AvgIpc) is 2.29. The smallest absolute Gasteiger partial charge is 0.147 e. The van der Waals surface area contributed by atoms with Crippen molar-refractivity contribution in [1.82, 2.24) is 0 Å². The maximum Gasteiger partial charge on any atom is -0.147 e. The second-order valence-corrected chi connectivity index (χ2v) is 18.1. The van der Waals surface area contributed by atoms with Gasteiger partial charge in [-0.05, 0) is 0 Å². The molecule has 2 heteroatoms. The van der Waals surface area contributed by atoms with E-state index in [1.54, 1.807) is 13.3 Å². The molecule has 0 spiro atoms. The van der Waals surface area contributed by atoms with Crippen LogP contribution < -0.4 is 0 Å². The molecule has 0 unspecified atom stereocenters. The summed E-state index contributed by atoms with van der Waals surface area (Å²) in [5, 5.41) is 0. The van der Waals surface area contributed by atoms with Crippen LogP contribution in [0.5, 0.6) is 0 Å². The monoisotopic (exact) mass is 354 g/mol. The van der Waals surface area contributed by atoms with Gasteiger partial charge in [-0.15, -0.1) is 12.4 Å². The standard InChI is InChI=1S/3C4H9.C2H3.ClH.Sn/c3*1-3-4-2;1-2;;/h3*1,3-4H2,2H3;1H,2H2;1H;. The van der Waals surface area contributed by atoms with Gasteiger partial charge in [0.25, 0.3) is 0 Å². The van der Waals surface area contributed by atoms with Crippen molar-refractivity contribution < 1.29 is 0 Å². The average molecular weight is 354 g/mol. The van der Waals surface area contributed by atoms with E-state index in [9.17, 15) is 0 Å². The van der Waals surface area contributed by atoms with Crippen LogP contribution in [0.25, 0.3) is 0 Å². The van der Waals surface area contributed by atoms with E-state index in [1.165, 1.54) is 38.5 Å². The molecule has 0 heterocycles. The van der Waals surface area contributed by atoms with Gasteiger partial charge in [0.05, 0.1) is 0 Å². The molecule has 0 fully saturated rings. The Kier molecular flexibility index (Phi) is 14.7. The maximum atomic E-state index is 4.19. The predicted octanol–water partition coefficient (Wildman–Crippen LogP) is 5.98. The predicted molar refractivity (Wildman–Crippen MR) is 82.3 cm³/mol. The molecule has 98 valence electrons. The Hall–Kier alpha value is 0.829. The summed E-state index contributed by atoms with van der Waals surface area (Å²) in [6.45, 7) is 11.1. The maximum absolute atomic E-state index is 4.19.